The Morgan fingerprint density at radius 1 is 1.12 bits per heavy atom. The van der Waals surface area contributed by atoms with Crippen LogP contribution in [-0.2, 0) is 18.0 Å². The van der Waals surface area contributed by atoms with Gasteiger partial charge in [0.15, 0.2) is 11.6 Å². The second-order valence-electron chi connectivity index (χ2n) is 8.03. The lowest BCUT2D eigenvalue weighted by Gasteiger charge is -2.18. The van der Waals surface area contributed by atoms with Crippen LogP contribution < -0.4 is 4.72 Å². The average Bonchev–Trinajstić information content (AvgIpc) is 3.22. The molecule has 1 aromatic carbocycles. The molecular weight excluding hydrogens is 424 g/mol. The maximum absolute atomic E-state index is 12.3. The SMILES string of the molecule is CC(C)C[S@@+]([O-])N[C@H](C)c1ccnc(-c2ccc3cnn(-c4cccc(CO)n4)c3c2)n1. The molecule has 3 aromatic heterocycles. The Morgan fingerprint density at radius 2 is 1.97 bits per heavy atom. The third-order valence-corrected chi connectivity index (χ3v) is 6.50. The van der Waals surface area contributed by atoms with Gasteiger partial charge in [-0.15, -0.1) is 4.72 Å². The zero-order valence-electron chi connectivity index (χ0n) is 18.3. The molecule has 0 saturated heterocycles. The number of nitrogens with one attached hydrogen (secondary N) is 1. The van der Waals surface area contributed by atoms with Crippen molar-refractivity contribution in [3.8, 4) is 17.2 Å². The minimum Gasteiger partial charge on any atom is -0.598 e. The van der Waals surface area contributed by atoms with E-state index >= 15 is 0 Å². The molecule has 9 heteroatoms. The molecule has 8 nitrogen and oxygen atoms in total. The number of aromatic nitrogens is 5. The minimum atomic E-state index is -1.12. The Bertz CT molecular complexity index is 1210. The monoisotopic (exact) mass is 450 g/mol. The van der Waals surface area contributed by atoms with Gasteiger partial charge in [-0.3, -0.25) is 0 Å². The summed E-state index contributed by atoms with van der Waals surface area (Å²) in [6.45, 7) is 5.91. The van der Waals surface area contributed by atoms with Gasteiger partial charge in [-0.05, 0) is 37.1 Å². The first-order valence-corrected chi connectivity index (χ1v) is 11.8. The van der Waals surface area contributed by atoms with Crippen LogP contribution in [0.15, 0.2) is 54.9 Å². The van der Waals surface area contributed by atoms with E-state index in [0.717, 1.165) is 22.2 Å². The highest BCUT2D eigenvalue weighted by Gasteiger charge is 2.17. The normalized spacial score (nSPS) is 13.6. The number of aliphatic hydroxyl groups is 1. The summed E-state index contributed by atoms with van der Waals surface area (Å²) in [6, 6.07) is 13.0. The molecule has 0 aliphatic rings. The van der Waals surface area contributed by atoms with Crippen LogP contribution in [-0.4, -0.2) is 40.1 Å². The standard InChI is InChI=1S/C23H26N6O2S/c1-15(2)14-32(31)28-16(3)20-9-10-24-23(27-20)17-7-8-18-12-25-29(21(18)11-17)22-6-4-5-19(13-30)26-22/h4-12,15-16,28,30H,13-14H2,1-3H3/t16-,32-/m1/s1. The highest BCUT2D eigenvalue weighted by atomic mass is 32.2. The maximum atomic E-state index is 12.3. The number of nitrogens with zero attached hydrogens (tertiary/aromatic N) is 5. The highest BCUT2D eigenvalue weighted by molar-refractivity contribution is 7.89. The van der Waals surface area contributed by atoms with Crippen LogP contribution in [0, 0.1) is 5.92 Å². The zero-order chi connectivity index (χ0) is 22.7. The van der Waals surface area contributed by atoms with Gasteiger partial charge >= 0.3 is 0 Å². The molecule has 0 spiro atoms. The van der Waals surface area contributed by atoms with Crippen LogP contribution in [0.25, 0.3) is 28.1 Å². The highest BCUT2D eigenvalue weighted by Crippen LogP contribution is 2.25. The van der Waals surface area contributed by atoms with E-state index in [2.05, 4.69) is 19.8 Å². The Kier molecular flexibility index (Phi) is 6.80. The molecule has 4 rings (SSSR count). The van der Waals surface area contributed by atoms with E-state index in [1.165, 1.54) is 0 Å². The average molecular weight is 451 g/mol. The van der Waals surface area contributed by atoms with Gasteiger partial charge in [-0.2, -0.15) is 5.10 Å². The Balaban J connectivity index is 1.65. The summed E-state index contributed by atoms with van der Waals surface area (Å²) in [5.74, 6) is 2.15. The number of aliphatic hydroxyl groups excluding tert-OH is 1. The van der Waals surface area contributed by atoms with Gasteiger partial charge in [0.25, 0.3) is 0 Å². The summed E-state index contributed by atoms with van der Waals surface area (Å²) in [7, 11) is 0. The molecule has 2 N–H and O–H groups in total. The molecule has 166 valence electrons. The van der Waals surface area contributed by atoms with E-state index < -0.39 is 11.4 Å². The van der Waals surface area contributed by atoms with Crippen molar-refractivity contribution in [2.45, 2.75) is 33.4 Å². The van der Waals surface area contributed by atoms with Crippen LogP contribution in [0.5, 0.6) is 0 Å². The molecule has 32 heavy (non-hydrogen) atoms. The van der Waals surface area contributed by atoms with Gasteiger partial charge in [-0.25, -0.2) is 19.6 Å². The third-order valence-electron chi connectivity index (χ3n) is 4.91. The van der Waals surface area contributed by atoms with E-state index in [1.54, 1.807) is 23.1 Å². The van der Waals surface area contributed by atoms with Gasteiger partial charge < -0.3 is 9.66 Å². The molecule has 4 aromatic rings. The first-order chi connectivity index (χ1) is 15.4. The molecule has 0 bridgehead atoms. The van der Waals surface area contributed by atoms with Gasteiger partial charge in [0.1, 0.15) is 5.75 Å². The van der Waals surface area contributed by atoms with Crippen LogP contribution in [0.2, 0.25) is 0 Å². The van der Waals surface area contributed by atoms with Crippen molar-refractivity contribution >= 4 is 22.3 Å². The van der Waals surface area contributed by atoms with E-state index in [0.29, 0.717) is 29.0 Å². The van der Waals surface area contributed by atoms with Crippen LogP contribution in [0.1, 0.15) is 38.2 Å². The van der Waals surface area contributed by atoms with Crippen LogP contribution >= 0.6 is 0 Å². The van der Waals surface area contributed by atoms with E-state index in [9.17, 15) is 9.66 Å². The minimum absolute atomic E-state index is 0.132. The van der Waals surface area contributed by atoms with Crippen molar-refractivity contribution in [2.24, 2.45) is 5.92 Å². The first kappa shape index (κ1) is 22.3. The fourth-order valence-corrected chi connectivity index (χ4v) is 4.59. The smallest absolute Gasteiger partial charge is 0.159 e. The molecule has 0 aliphatic carbocycles. The predicted molar refractivity (Wildman–Crippen MR) is 125 cm³/mol. The van der Waals surface area contributed by atoms with Crippen LogP contribution in [0.4, 0.5) is 0 Å². The molecule has 2 atom stereocenters. The van der Waals surface area contributed by atoms with Crippen LogP contribution in [0.3, 0.4) is 0 Å². The van der Waals surface area contributed by atoms with Crippen molar-refractivity contribution in [2.75, 3.05) is 5.75 Å². The summed E-state index contributed by atoms with van der Waals surface area (Å²) >= 11 is -1.12. The number of benzene rings is 1. The van der Waals surface area contributed by atoms with Gasteiger partial charge in [-0.1, -0.05) is 32.0 Å². The van der Waals surface area contributed by atoms with Crippen molar-refractivity contribution < 1.29 is 9.66 Å². The summed E-state index contributed by atoms with van der Waals surface area (Å²) < 4.78 is 17.1. The summed E-state index contributed by atoms with van der Waals surface area (Å²) in [4.78, 5) is 13.6. The molecule has 0 fully saturated rings. The summed E-state index contributed by atoms with van der Waals surface area (Å²) in [6.07, 6.45) is 3.49. The largest absolute Gasteiger partial charge is 0.598 e. The Labute approximate surface area is 190 Å². The quantitative estimate of drug-likeness (QED) is 0.396. The Hall–Kier alpha value is -2.85. The predicted octanol–water partition coefficient (Wildman–Crippen LogP) is 3.34. The molecule has 3 heterocycles. The maximum Gasteiger partial charge on any atom is 0.159 e. The lowest BCUT2D eigenvalue weighted by molar-refractivity contribution is 0.276. The third kappa shape index (κ3) is 4.97. The van der Waals surface area contributed by atoms with Gasteiger partial charge in [0.2, 0.25) is 0 Å². The fourth-order valence-electron chi connectivity index (χ4n) is 3.37. The lowest BCUT2D eigenvalue weighted by atomic mass is 10.1. The lowest BCUT2D eigenvalue weighted by Crippen LogP contribution is -2.31. The van der Waals surface area contributed by atoms with Crippen molar-refractivity contribution in [3.05, 3.63) is 66.2 Å². The summed E-state index contributed by atoms with van der Waals surface area (Å²) in [5, 5.41) is 14.8. The summed E-state index contributed by atoms with van der Waals surface area (Å²) in [5.41, 5.74) is 3.06. The number of hydrogen-bond donors (Lipinski definition) is 2. The number of rotatable bonds is 8. The Morgan fingerprint density at radius 3 is 2.75 bits per heavy atom. The van der Waals surface area contributed by atoms with Gasteiger partial charge in [0.05, 0.1) is 35.8 Å². The van der Waals surface area contributed by atoms with Crippen molar-refractivity contribution in [1.29, 1.82) is 0 Å². The number of fused-ring (bicyclic) bond motifs is 1. The van der Waals surface area contributed by atoms with E-state index in [-0.39, 0.29) is 12.6 Å². The second-order valence-corrected chi connectivity index (χ2v) is 9.29. The molecule has 0 saturated carbocycles. The fraction of sp³-hybridized carbons (Fsp3) is 0.304. The number of pyridine rings is 1. The molecule has 0 amide bonds. The van der Waals surface area contributed by atoms with Gasteiger partial charge in [0, 0.05) is 28.5 Å². The molecule has 0 radical (unpaired) electrons. The van der Waals surface area contributed by atoms with E-state index in [1.807, 2.05) is 57.2 Å². The zero-order valence-corrected chi connectivity index (χ0v) is 19.1. The van der Waals surface area contributed by atoms with Crippen molar-refractivity contribution in [1.82, 2.24) is 29.5 Å². The first-order valence-electron chi connectivity index (χ1n) is 10.5. The van der Waals surface area contributed by atoms with Crippen molar-refractivity contribution in [3.63, 3.8) is 0 Å². The van der Waals surface area contributed by atoms with E-state index in [4.69, 9.17) is 4.98 Å². The topological polar surface area (TPSA) is 112 Å². The molecule has 0 aliphatic heterocycles. The second kappa shape index (κ2) is 9.74. The molecule has 0 unspecified atom stereocenters. The number of hydrogen-bond acceptors (Lipinski definition) is 7. The molecular formula is C23H26N6O2S.